The van der Waals surface area contributed by atoms with Crippen molar-refractivity contribution in [1.29, 1.82) is 0 Å². The molecule has 0 aliphatic rings. The molecule has 0 saturated heterocycles. The van der Waals surface area contributed by atoms with Gasteiger partial charge in [-0.1, -0.05) is 0 Å². The number of benzene rings is 1. The summed E-state index contributed by atoms with van der Waals surface area (Å²) >= 11 is 0. The lowest BCUT2D eigenvalue weighted by Gasteiger charge is -2.16. The van der Waals surface area contributed by atoms with Crippen LogP contribution in [-0.2, 0) is 20.6 Å². The molecule has 0 aliphatic carbocycles. The number of halogens is 1. The van der Waals surface area contributed by atoms with Crippen LogP contribution in [0.2, 0.25) is 0 Å². The van der Waals surface area contributed by atoms with E-state index >= 15 is 0 Å². The van der Waals surface area contributed by atoms with E-state index in [1.165, 1.54) is 25.3 Å². The maximum absolute atomic E-state index is 13.9. The maximum atomic E-state index is 13.9. The van der Waals surface area contributed by atoms with Gasteiger partial charge in [0.25, 0.3) is 0 Å². The second-order valence-electron chi connectivity index (χ2n) is 6.04. The summed E-state index contributed by atoms with van der Waals surface area (Å²) in [5.74, 6) is -1.05. The normalized spacial score (nSPS) is 11.1. The van der Waals surface area contributed by atoms with Gasteiger partial charge in [0, 0.05) is 24.5 Å². The number of nitrogens with one attached hydrogen (secondary N) is 1. The SMILES string of the molecule is CCOC(OCC)c1n[nH]c(C)c1CCCOc1cc(C(=O)OC)ccc1F. The second-order valence-corrected chi connectivity index (χ2v) is 6.04. The van der Waals surface area contributed by atoms with Crippen molar-refractivity contribution in [3.63, 3.8) is 0 Å². The highest BCUT2D eigenvalue weighted by molar-refractivity contribution is 5.89. The van der Waals surface area contributed by atoms with Gasteiger partial charge >= 0.3 is 5.97 Å². The van der Waals surface area contributed by atoms with Crippen molar-refractivity contribution < 1.29 is 28.1 Å². The van der Waals surface area contributed by atoms with E-state index in [-0.39, 0.29) is 17.9 Å². The monoisotopic (exact) mass is 394 g/mol. The molecular weight excluding hydrogens is 367 g/mol. The molecule has 2 aromatic rings. The predicted octanol–water partition coefficient (Wildman–Crippen LogP) is 3.73. The van der Waals surface area contributed by atoms with Gasteiger partial charge in [-0.25, -0.2) is 9.18 Å². The maximum Gasteiger partial charge on any atom is 0.337 e. The van der Waals surface area contributed by atoms with E-state index in [0.717, 1.165) is 17.0 Å². The number of rotatable bonds is 11. The first kappa shape index (κ1) is 21.8. The molecule has 0 radical (unpaired) electrons. The third-order valence-electron chi connectivity index (χ3n) is 4.15. The lowest BCUT2D eigenvalue weighted by molar-refractivity contribution is -0.143. The van der Waals surface area contributed by atoms with E-state index in [2.05, 4.69) is 14.9 Å². The van der Waals surface area contributed by atoms with Crippen LogP contribution in [0, 0.1) is 12.7 Å². The second kappa shape index (κ2) is 10.8. The molecule has 0 atom stereocenters. The number of carbonyl (C=O) groups is 1. The number of hydrogen-bond donors (Lipinski definition) is 1. The fourth-order valence-electron chi connectivity index (χ4n) is 2.78. The van der Waals surface area contributed by atoms with Gasteiger partial charge in [-0.15, -0.1) is 0 Å². The number of carbonyl (C=O) groups excluding carboxylic acids is 1. The molecule has 0 fully saturated rings. The molecule has 1 N–H and O–H groups in total. The summed E-state index contributed by atoms with van der Waals surface area (Å²) in [5.41, 5.74) is 2.89. The zero-order chi connectivity index (χ0) is 20.5. The summed E-state index contributed by atoms with van der Waals surface area (Å²) in [4.78, 5) is 11.6. The van der Waals surface area contributed by atoms with E-state index in [1.807, 2.05) is 20.8 Å². The number of aryl methyl sites for hydroxylation is 1. The quantitative estimate of drug-likeness (QED) is 0.355. The van der Waals surface area contributed by atoms with Crippen molar-refractivity contribution in [2.45, 2.75) is 39.9 Å². The molecule has 0 unspecified atom stereocenters. The minimum atomic E-state index is -0.540. The molecule has 0 bridgehead atoms. The fraction of sp³-hybridized carbons (Fsp3) is 0.500. The Morgan fingerprint density at radius 1 is 1.25 bits per heavy atom. The standard InChI is InChI=1S/C20H27FN2O5/c1-5-26-20(27-6-2)18-15(13(3)22-23-18)8-7-11-28-17-12-14(19(24)25-4)9-10-16(17)21/h9-10,12,20H,5-8,11H2,1-4H3,(H,22,23). The summed E-state index contributed by atoms with van der Waals surface area (Å²) in [7, 11) is 1.27. The Hall–Kier alpha value is -2.45. The zero-order valence-corrected chi connectivity index (χ0v) is 16.7. The molecule has 0 spiro atoms. The summed E-state index contributed by atoms with van der Waals surface area (Å²) in [6.45, 7) is 7.02. The number of aromatic amines is 1. The first-order chi connectivity index (χ1) is 13.5. The van der Waals surface area contributed by atoms with Crippen LogP contribution in [0.3, 0.4) is 0 Å². The average Bonchev–Trinajstić information content (AvgIpc) is 3.06. The molecule has 1 aromatic carbocycles. The van der Waals surface area contributed by atoms with Crippen LogP contribution in [-0.4, -0.2) is 43.1 Å². The highest BCUT2D eigenvalue weighted by atomic mass is 19.1. The lowest BCUT2D eigenvalue weighted by atomic mass is 10.1. The van der Waals surface area contributed by atoms with E-state index < -0.39 is 18.1 Å². The van der Waals surface area contributed by atoms with Crippen LogP contribution in [0.5, 0.6) is 5.75 Å². The Labute approximate surface area is 164 Å². The third kappa shape index (κ3) is 5.53. The van der Waals surface area contributed by atoms with Gasteiger partial charge in [-0.05, 0) is 51.8 Å². The number of H-pyrrole nitrogens is 1. The molecule has 7 nitrogen and oxygen atoms in total. The average molecular weight is 394 g/mol. The van der Waals surface area contributed by atoms with E-state index in [4.69, 9.17) is 14.2 Å². The third-order valence-corrected chi connectivity index (χ3v) is 4.15. The van der Waals surface area contributed by atoms with Crippen molar-refractivity contribution in [2.24, 2.45) is 0 Å². The summed E-state index contributed by atoms with van der Waals surface area (Å²) in [5, 5.41) is 7.28. The molecule has 2 rings (SSSR count). The number of methoxy groups -OCH3 is 1. The Kier molecular flexibility index (Phi) is 8.41. The van der Waals surface area contributed by atoms with Gasteiger partial charge < -0.3 is 18.9 Å². The number of esters is 1. The van der Waals surface area contributed by atoms with Gasteiger partial charge in [-0.3, -0.25) is 5.10 Å². The molecule has 1 aromatic heterocycles. The smallest absolute Gasteiger partial charge is 0.337 e. The Morgan fingerprint density at radius 2 is 1.96 bits per heavy atom. The molecule has 0 saturated carbocycles. The zero-order valence-electron chi connectivity index (χ0n) is 16.7. The molecule has 1 heterocycles. The number of hydrogen-bond acceptors (Lipinski definition) is 6. The van der Waals surface area contributed by atoms with Crippen LogP contribution >= 0.6 is 0 Å². The van der Waals surface area contributed by atoms with Crippen LogP contribution in [0.15, 0.2) is 18.2 Å². The van der Waals surface area contributed by atoms with E-state index in [0.29, 0.717) is 26.1 Å². The topological polar surface area (TPSA) is 82.7 Å². The highest BCUT2D eigenvalue weighted by Crippen LogP contribution is 2.25. The Morgan fingerprint density at radius 3 is 2.61 bits per heavy atom. The molecule has 154 valence electrons. The van der Waals surface area contributed by atoms with Crippen LogP contribution in [0.1, 0.15) is 53.9 Å². The highest BCUT2D eigenvalue weighted by Gasteiger charge is 2.21. The molecule has 28 heavy (non-hydrogen) atoms. The largest absolute Gasteiger partial charge is 0.490 e. The Bertz CT molecular complexity index is 772. The summed E-state index contributed by atoms with van der Waals surface area (Å²) in [6.07, 6.45) is 0.761. The molecule has 8 heteroatoms. The number of nitrogens with zero attached hydrogens (tertiary/aromatic N) is 1. The van der Waals surface area contributed by atoms with Crippen molar-refractivity contribution >= 4 is 5.97 Å². The van der Waals surface area contributed by atoms with Crippen LogP contribution in [0.25, 0.3) is 0 Å². The predicted molar refractivity (Wildman–Crippen MR) is 101 cm³/mol. The van der Waals surface area contributed by atoms with Gasteiger partial charge in [-0.2, -0.15) is 5.10 Å². The van der Waals surface area contributed by atoms with Crippen molar-refractivity contribution in [3.05, 3.63) is 46.5 Å². The van der Waals surface area contributed by atoms with Gasteiger partial charge in [0.2, 0.25) is 6.29 Å². The summed E-state index contributed by atoms with van der Waals surface area (Å²) < 4.78 is 35.4. The van der Waals surface area contributed by atoms with Gasteiger partial charge in [0.15, 0.2) is 11.6 Å². The molecule has 0 amide bonds. The first-order valence-electron chi connectivity index (χ1n) is 9.29. The minimum Gasteiger partial charge on any atom is -0.490 e. The first-order valence-corrected chi connectivity index (χ1v) is 9.29. The summed E-state index contributed by atoms with van der Waals surface area (Å²) in [6, 6.07) is 3.89. The fourth-order valence-corrected chi connectivity index (χ4v) is 2.78. The van der Waals surface area contributed by atoms with Crippen molar-refractivity contribution in [2.75, 3.05) is 26.9 Å². The van der Waals surface area contributed by atoms with Crippen LogP contribution in [0.4, 0.5) is 4.39 Å². The van der Waals surface area contributed by atoms with Crippen LogP contribution < -0.4 is 4.74 Å². The minimum absolute atomic E-state index is 0.0218. The van der Waals surface area contributed by atoms with Crippen molar-refractivity contribution in [3.8, 4) is 5.75 Å². The Balaban J connectivity index is 1.99. The van der Waals surface area contributed by atoms with Crippen molar-refractivity contribution in [1.82, 2.24) is 10.2 Å². The molecule has 0 aliphatic heterocycles. The van der Waals surface area contributed by atoms with E-state index in [1.54, 1.807) is 0 Å². The number of aromatic nitrogens is 2. The lowest BCUT2D eigenvalue weighted by Crippen LogP contribution is -2.12. The van der Waals surface area contributed by atoms with Gasteiger partial charge in [0.05, 0.1) is 19.3 Å². The molecular formula is C20H27FN2O5. The van der Waals surface area contributed by atoms with E-state index in [9.17, 15) is 9.18 Å². The number of ether oxygens (including phenoxy) is 4. The van der Waals surface area contributed by atoms with Gasteiger partial charge in [0.1, 0.15) is 5.69 Å².